The van der Waals surface area contributed by atoms with E-state index in [1.807, 2.05) is 54.6 Å². The van der Waals surface area contributed by atoms with Gasteiger partial charge in [0.05, 0.1) is 28.5 Å². The molecule has 0 aliphatic carbocycles. The lowest BCUT2D eigenvalue weighted by atomic mass is 9.83. The summed E-state index contributed by atoms with van der Waals surface area (Å²) in [5.41, 5.74) is 4.80. The van der Waals surface area contributed by atoms with Crippen molar-refractivity contribution in [3.63, 3.8) is 0 Å². The predicted octanol–water partition coefficient (Wildman–Crippen LogP) is 5.08. The fourth-order valence-corrected chi connectivity index (χ4v) is 4.40. The van der Waals surface area contributed by atoms with E-state index in [0.717, 1.165) is 44.0 Å². The molecule has 4 aromatic carbocycles. The maximum atomic E-state index is 12.6. The van der Waals surface area contributed by atoms with Gasteiger partial charge in [-0.2, -0.15) is 0 Å². The molecular weight excluding hydrogens is 376 g/mol. The topological polar surface area (TPSA) is 72.3 Å². The van der Waals surface area contributed by atoms with Crippen LogP contribution < -0.4 is 4.74 Å². The van der Waals surface area contributed by atoms with Crippen molar-refractivity contribution in [3.05, 3.63) is 83.9 Å². The maximum Gasteiger partial charge on any atom is 0.312 e. The van der Waals surface area contributed by atoms with Crippen molar-refractivity contribution >= 4 is 38.8 Å². The largest absolute Gasteiger partial charge is 0.508 e. The number of hydrogen-bond donors (Lipinski definition) is 1. The van der Waals surface area contributed by atoms with Crippen LogP contribution >= 0.6 is 0 Å². The molecule has 1 atom stereocenters. The van der Waals surface area contributed by atoms with Crippen molar-refractivity contribution in [1.82, 2.24) is 9.97 Å². The minimum atomic E-state index is -0.297. The number of phenolic OH excluding ortho intramolecular Hbond substituents is 1. The van der Waals surface area contributed by atoms with Crippen molar-refractivity contribution in [2.45, 2.75) is 12.3 Å². The molecule has 0 saturated carbocycles. The van der Waals surface area contributed by atoms with Crippen LogP contribution in [0.1, 0.15) is 23.5 Å². The Morgan fingerprint density at radius 2 is 1.53 bits per heavy atom. The lowest BCUT2D eigenvalue weighted by Gasteiger charge is -2.27. The lowest BCUT2D eigenvalue weighted by molar-refractivity contribution is -0.135. The zero-order chi connectivity index (χ0) is 20.2. The van der Waals surface area contributed by atoms with Crippen molar-refractivity contribution in [3.8, 4) is 11.5 Å². The molecule has 6 rings (SSSR count). The van der Waals surface area contributed by atoms with Gasteiger partial charge in [-0.15, -0.1) is 0 Å². The molecule has 0 bridgehead atoms. The van der Waals surface area contributed by atoms with Crippen LogP contribution in [0.3, 0.4) is 0 Å². The summed E-state index contributed by atoms with van der Waals surface area (Å²) in [4.78, 5) is 22.4. The molecule has 0 fully saturated rings. The minimum absolute atomic E-state index is 0.162. The number of phenols is 1. The van der Waals surface area contributed by atoms with Gasteiger partial charge in [0.15, 0.2) is 0 Å². The molecule has 0 spiro atoms. The smallest absolute Gasteiger partial charge is 0.312 e. The SMILES string of the molecule is O=C1C[C@H](c2cccc(O)c2)c2c(c3ccccc3c3nc4ccccc4nc23)O1. The lowest BCUT2D eigenvalue weighted by Crippen LogP contribution is -2.22. The van der Waals surface area contributed by atoms with Crippen LogP contribution in [0.2, 0.25) is 0 Å². The molecule has 0 radical (unpaired) electrons. The first kappa shape index (κ1) is 16.9. The van der Waals surface area contributed by atoms with E-state index in [4.69, 9.17) is 14.7 Å². The van der Waals surface area contributed by atoms with Gasteiger partial charge >= 0.3 is 5.97 Å². The van der Waals surface area contributed by atoms with Gasteiger partial charge in [0.2, 0.25) is 0 Å². The molecule has 1 N–H and O–H groups in total. The first-order chi connectivity index (χ1) is 14.7. The first-order valence-corrected chi connectivity index (χ1v) is 9.80. The zero-order valence-electron chi connectivity index (χ0n) is 15.9. The van der Waals surface area contributed by atoms with Gasteiger partial charge in [-0.3, -0.25) is 4.79 Å². The summed E-state index contributed by atoms with van der Waals surface area (Å²) in [5, 5.41) is 11.8. The number of carbonyl (C=O) groups is 1. The van der Waals surface area contributed by atoms with Gasteiger partial charge in [-0.25, -0.2) is 9.97 Å². The standard InChI is InChI=1S/C25H16N2O3/c28-15-7-5-6-14(12-15)18-13-21(29)30-25-17-9-2-1-8-16(17)23-24(22(18)25)27-20-11-4-3-10-19(20)26-23/h1-12,18,28H,13H2/t18-/m1/s1. The number of esters is 1. The maximum absolute atomic E-state index is 12.6. The average Bonchev–Trinajstić information content (AvgIpc) is 2.77. The molecule has 0 amide bonds. The summed E-state index contributed by atoms with van der Waals surface area (Å²) in [7, 11) is 0. The number of para-hydroxylation sites is 2. The van der Waals surface area contributed by atoms with E-state index in [2.05, 4.69) is 0 Å². The Labute approximate surface area is 171 Å². The summed E-state index contributed by atoms with van der Waals surface area (Å²) >= 11 is 0. The third-order valence-electron chi connectivity index (χ3n) is 5.70. The van der Waals surface area contributed by atoms with Crippen LogP contribution in [0.5, 0.6) is 11.5 Å². The van der Waals surface area contributed by atoms with E-state index in [-0.39, 0.29) is 24.1 Å². The van der Waals surface area contributed by atoms with Crippen LogP contribution in [0.15, 0.2) is 72.8 Å². The molecule has 5 aromatic rings. The van der Waals surface area contributed by atoms with Gasteiger partial charge in [-0.05, 0) is 29.8 Å². The van der Waals surface area contributed by atoms with E-state index in [1.54, 1.807) is 18.2 Å². The Morgan fingerprint density at radius 3 is 2.30 bits per heavy atom. The number of carbonyl (C=O) groups excluding carboxylic acids is 1. The normalized spacial score (nSPS) is 16.0. The van der Waals surface area contributed by atoms with E-state index >= 15 is 0 Å². The molecule has 1 aromatic heterocycles. The molecule has 0 unspecified atom stereocenters. The highest BCUT2D eigenvalue weighted by Gasteiger charge is 2.33. The third kappa shape index (κ3) is 2.45. The fraction of sp³-hybridized carbons (Fsp3) is 0.0800. The van der Waals surface area contributed by atoms with Crippen LogP contribution in [0.25, 0.3) is 32.8 Å². The Balaban J connectivity index is 1.80. The molecular formula is C25H16N2O3. The van der Waals surface area contributed by atoms with Crippen molar-refractivity contribution in [2.24, 2.45) is 0 Å². The Bertz CT molecular complexity index is 1490. The molecule has 30 heavy (non-hydrogen) atoms. The third-order valence-corrected chi connectivity index (χ3v) is 5.70. The number of nitrogens with zero attached hydrogens (tertiary/aromatic N) is 2. The predicted molar refractivity (Wildman–Crippen MR) is 115 cm³/mol. The van der Waals surface area contributed by atoms with Crippen molar-refractivity contribution in [2.75, 3.05) is 0 Å². The summed E-state index contributed by atoms with van der Waals surface area (Å²) in [6, 6.07) is 22.6. The minimum Gasteiger partial charge on any atom is -0.508 e. The summed E-state index contributed by atoms with van der Waals surface area (Å²) < 4.78 is 5.78. The van der Waals surface area contributed by atoms with E-state index < -0.39 is 0 Å². The molecule has 5 nitrogen and oxygen atoms in total. The molecule has 1 aliphatic heterocycles. The molecule has 0 saturated heterocycles. The Hall–Kier alpha value is -3.99. The molecule has 2 heterocycles. The van der Waals surface area contributed by atoms with Gasteiger partial charge in [0, 0.05) is 22.3 Å². The number of rotatable bonds is 1. The first-order valence-electron chi connectivity index (χ1n) is 9.80. The summed E-state index contributed by atoms with van der Waals surface area (Å²) in [5.74, 6) is 0.118. The number of aromatic hydroxyl groups is 1. The van der Waals surface area contributed by atoms with E-state index in [9.17, 15) is 9.90 Å². The second-order valence-corrected chi connectivity index (χ2v) is 7.52. The quantitative estimate of drug-likeness (QED) is 0.186. The molecule has 5 heteroatoms. The van der Waals surface area contributed by atoms with Crippen LogP contribution in [0, 0.1) is 0 Å². The van der Waals surface area contributed by atoms with E-state index in [1.165, 1.54) is 0 Å². The highest BCUT2D eigenvalue weighted by Crippen LogP contribution is 2.47. The molecule has 1 aliphatic rings. The van der Waals surface area contributed by atoms with Gasteiger partial charge in [-0.1, -0.05) is 48.5 Å². The Morgan fingerprint density at radius 1 is 0.833 bits per heavy atom. The van der Waals surface area contributed by atoms with Crippen LogP contribution in [-0.2, 0) is 4.79 Å². The van der Waals surface area contributed by atoms with Gasteiger partial charge in [0.25, 0.3) is 0 Å². The molecule has 144 valence electrons. The number of hydrogen-bond acceptors (Lipinski definition) is 5. The number of fused-ring (bicyclic) bond motifs is 7. The van der Waals surface area contributed by atoms with Crippen molar-refractivity contribution < 1.29 is 14.6 Å². The highest BCUT2D eigenvalue weighted by atomic mass is 16.5. The second-order valence-electron chi connectivity index (χ2n) is 7.52. The fourth-order valence-electron chi connectivity index (χ4n) is 4.40. The van der Waals surface area contributed by atoms with Crippen LogP contribution in [-0.4, -0.2) is 21.0 Å². The average molecular weight is 392 g/mol. The second kappa shape index (κ2) is 6.26. The van der Waals surface area contributed by atoms with Crippen LogP contribution in [0.4, 0.5) is 0 Å². The highest BCUT2D eigenvalue weighted by molar-refractivity contribution is 6.12. The number of ether oxygens (including phenoxy) is 1. The summed E-state index contributed by atoms with van der Waals surface area (Å²) in [6.07, 6.45) is 0.179. The zero-order valence-corrected chi connectivity index (χ0v) is 15.9. The monoisotopic (exact) mass is 392 g/mol. The number of benzene rings is 4. The van der Waals surface area contributed by atoms with Crippen molar-refractivity contribution in [1.29, 1.82) is 0 Å². The van der Waals surface area contributed by atoms with Gasteiger partial charge in [0.1, 0.15) is 11.5 Å². The number of aromatic nitrogens is 2. The van der Waals surface area contributed by atoms with E-state index in [0.29, 0.717) is 5.75 Å². The summed E-state index contributed by atoms with van der Waals surface area (Å²) in [6.45, 7) is 0. The Kier molecular flexibility index (Phi) is 3.53. The van der Waals surface area contributed by atoms with Gasteiger partial charge < -0.3 is 9.84 Å².